The minimum absolute atomic E-state index is 0.0429. The van der Waals surface area contributed by atoms with Crippen LogP contribution in [0.3, 0.4) is 0 Å². The average molecular weight is 319 g/mol. The Kier molecular flexibility index (Phi) is 4.87. The van der Waals surface area contributed by atoms with Gasteiger partial charge in [0, 0.05) is 26.0 Å². The fraction of sp³-hybridized carbons (Fsp3) is 0.467. The second kappa shape index (κ2) is 6.50. The normalized spacial score (nSPS) is 11.5. The van der Waals surface area contributed by atoms with Crippen LogP contribution in [0.25, 0.3) is 10.8 Å². The van der Waals surface area contributed by atoms with Gasteiger partial charge in [0.1, 0.15) is 4.88 Å². The number of rotatable bonds is 5. The van der Waals surface area contributed by atoms with Gasteiger partial charge in [0.2, 0.25) is 0 Å². The third-order valence-corrected chi connectivity index (χ3v) is 4.45. The van der Waals surface area contributed by atoms with Crippen LogP contribution in [-0.4, -0.2) is 45.9 Å². The van der Waals surface area contributed by atoms with Crippen LogP contribution in [0.1, 0.15) is 29.2 Å². The lowest BCUT2D eigenvalue weighted by atomic mass is 9.93. The molecule has 0 atom stereocenters. The smallest absolute Gasteiger partial charge is 0.265 e. The Morgan fingerprint density at radius 2 is 2.00 bits per heavy atom. The first-order valence-electron chi connectivity index (χ1n) is 7.04. The van der Waals surface area contributed by atoms with Gasteiger partial charge in [-0.25, -0.2) is 15.0 Å². The first-order chi connectivity index (χ1) is 10.3. The molecule has 0 aliphatic carbocycles. The van der Waals surface area contributed by atoms with E-state index in [1.165, 1.54) is 11.3 Å². The molecule has 0 saturated heterocycles. The van der Waals surface area contributed by atoms with Crippen LogP contribution in [0.15, 0.2) is 18.5 Å². The number of amides is 1. The quantitative estimate of drug-likeness (QED) is 0.910. The van der Waals surface area contributed by atoms with Crippen LogP contribution < -0.4 is 5.73 Å². The lowest BCUT2D eigenvalue weighted by molar-refractivity contribution is 0.0744. The van der Waals surface area contributed by atoms with Gasteiger partial charge in [0.05, 0.1) is 5.69 Å². The molecule has 0 aromatic carbocycles. The van der Waals surface area contributed by atoms with Crippen molar-refractivity contribution in [3.05, 3.63) is 29.0 Å². The molecule has 118 valence electrons. The molecule has 0 aliphatic rings. The van der Waals surface area contributed by atoms with Crippen LogP contribution >= 0.6 is 11.3 Å². The van der Waals surface area contributed by atoms with E-state index in [2.05, 4.69) is 15.0 Å². The summed E-state index contributed by atoms with van der Waals surface area (Å²) in [6, 6.07) is 1.75. The van der Waals surface area contributed by atoms with E-state index in [-0.39, 0.29) is 11.3 Å². The Morgan fingerprint density at radius 1 is 1.36 bits per heavy atom. The summed E-state index contributed by atoms with van der Waals surface area (Å²) in [5.41, 5.74) is 6.33. The highest BCUT2D eigenvalue weighted by atomic mass is 32.1. The zero-order valence-corrected chi connectivity index (χ0v) is 14.1. The van der Waals surface area contributed by atoms with Crippen molar-refractivity contribution in [2.45, 2.75) is 20.8 Å². The standard InChI is InChI=1S/C15H21N5OS/c1-10-11(14(21)20(4)9-15(2,3)8-16)22-13(19-10)12-17-6-5-7-18-12/h5-7H,8-9,16H2,1-4H3. The van der Waals surface area contributed by atoms with E-state index >= 15 is 0 Å². The first-order valence-corrected chi connectivity index (χ1v) is 7.86. The summed E-state index contributed by atoms with van der Waals surface area (Å²) in [5, 5.41) is 0.660. The lowest BCUT2D eigenvalue weighted by Gasteiger charge is -2.28. The van der Waals surface area contributed by atoms with Crippen molar-refractivity contribution in [3.63, 3.8) is 0 Å². The molecule has 6 nitrogen and oxygen atoms in total. The second-order valence-corrected chi connectivity index (χ2v) is 7.03. The number of hydrogen-bond acceptors (Lipinski definition) is 6. The van der Waals surface area contributed by atoms with Gasteiger partial charge in [0.25, 0.3) is 5.91 Å². The van der Waals surface area contributed by atoms with Gasteiger partial charge in [-0.1, -0.05) is 13.8 Å². The van der Waals surface area contributed by atoms with E-state index in [0.29, 0.717) is 34.5 Å². The molecule has 0 radical (unpaired) electrons. The molecule has 0 bridgehead atoms. The molecular weight excluding hydrogens is 298 g/mol. The predicted molar refractivity (Wildman–Crippen MR) is 87.7 cm³/mol. The summed E-state index contributed by atoms with van der Waals surface area (Å²) in [6.07, 6.45) is 3.33. The SMILES string of the molecule is Cc1nc(-c2ncccn2)sc1C(=O)N(C)CC(C)(C)CN. The summed E-state index contributed by atoms with van der Waals surface area (Å²) in [4.78, 5) is 27.7. The fourth-order valence-corrected chi connectivity index (χ4v) is 3.06. The number of aryl methyl sites for hydroxylation is 1. The van der Waals surface area contributed by atoms with Crippen molar-refractivity contribution in [2.75, 3.05) is 20.1 Å². The van der Waals surface area contributed by atoms with Crippen LogP contribution in [0.5, 0.6) is 0 Å². The van der Waals surface area contributed by atoms with Crippen molar-refractivity contribution in [2.24, 2.45) is 11.1 Å². The number of nitrogens with two attached hydrogens (primary N) is 1. The van der Waals surface area contributed by atoms with Gasteiger partial charge < -0.3 is 10.6 Å². The molecule has 0 unspecified atom stereocenters. The summed E-state index contributed by atoms with van der Waals surface area (Å²) < 4.78 is 0. The number of thiazole rings is 1. The number of hydrogen-bond donors (Lipinski definition) is 1. The molecule has 2 aromatic rings. The van der Waals surface area contributed by atoms with Crippen molar-refractivity contribution < 1.29 is 4.79 Å². The molecule has 2 aromatic heterocycles. The number of aromatic nitrogens is 3. The first kappa shape index (κ1) is 16.5. The van der Waals surface area contributed by atoms with Crippen molar-refractivity contribution in [3.8, 4) is 10.8 Å². The molecule has 2 heterocycles. The second-order valence-electron chi connectivity index (χ2n) is 6.04. The highest BCUT2D eigenvalue weighted by molar-refractivity contribution is 7.17. The lowest BCUT2D eigenvalue weighted by Crippen LogP contribution is -2.39. The third-order valence-electron chi connectivity index (χ3n) is 3.31. The zero-order chi connectivity index (χ0) is 16.3. The minimum atomic E-state index is -0.117. The Morgan fingerprint density at radius 3 is 2.59 bits per heavy atom. The Balaban J connectivity index is 2.22. The van der Waals surface area contributed by atoms with Crippen LogP contribution in [0, 0.1) is 12.3 Å². The van der Waals surface area contributed by atoms with Crippen molar-refractivity contribution in [1.82, 2.24) is 19.9 Å². The summed E-state index contributed by atoms with van der Waals surface area (Å²) in [6.45, 7) is 7.03. The van der Waals surface area contributed by atoms with Crippen LogP contribution in [0.4, 0.5) is 0 Å². The van der Waals surface area contributed by atoms with E-state index in [0.717, 1.165) is 0 Å². The Bertz CT molecular complexity index is 653. The molecule has 7 heteroatoms. The van der Waals surface area contributed by atoms with E-state index < -0.39 is 0 Å². The van der Waals surface area contributed by atoms with Gasteiger partial charge in [-0.15, -0.1) is 11.3 Å². The van der Waals surface area contributed by atoms with Crippen molar-refractivity contribution >= 4 is 17.2 Å². The van der Waals surface area contributed by atoms with E-state index in [9.17, 15) is 4.79 Å². The number of carbonyl (C=O) groups is 1. The maximum Gasteiger partial charge on any atom is 0.265 e. The molecule has 0 saturated carbocycles. The van der Waals surface area contributed by atoms with E-state index in [1.54, 1.807) is 30.4 Å². The molecule has 0 spiro atoms. The molecule has 0 aliphatic heterocycles. The van der Waals surface area contributed by atoms with Crippen LogP contribution in [0.2, 0.25) is 0 Å². The Labute approximate surface area is 134 Å². The molecular formula is C15H21N5OS. The third kappa shape index (κ3) is 3.66. The van der Waals surface area contributed by atoms with Gasteiger partial charge >= 0.3 is 0 Å². The summed E-state index contributed by atoms with van der Waals surface area (Å²) in [7, 11) is 1.79. The fourth-order valence-electron chi connectivity index (χ4n) is 2.05. The maximum atomic E-state index is 12.6. The zero-order valence-electron chi connectivity index (χ0n) is 13.3. The maximum absolute atomic E-state index is 12.6. The number of nitrogens with zero attached hydrogens (tertiary/aromatic N) is 4. The minimum Gasteiger partial charge on any atom is -0.340 e. The van der Waals surface area contributed by atoms with Gasteiger partial charge in [-0.2, -0.15) is 0 Å². The topological polar surface area (TPSA) is 85.0 Å². The molecule has 2 rings (SSSR count). The molecule has 1 amide bonds. The summed E-state index contributed by atoms with van der Waals surface area (Å²) >= 11 is 1.32. The monoisotopic (exact) mass is 319 g/mol. The Hall–Kier alpha value is -1.86. The van der Waals surface area contributed by atoms with E-state index in [1.807, 2.05) is 20.8 Å². The highest BCUT2D eigenvalue weighted by Gasteiger charge is 2.25. The number of carbonyl (C=O) groups excluding carboxylic acids is 1. The van der Waals surface area contributed by atoms with Gasteiger partial charge in [0.15, 0.2) is 10.8 Å². The average Bonchev–Trinajstić information content (AvgIpc) is 2.89. The predicted octanol–water partition coefficient (Wildman–Crippen LogP) is 1.97. The van der Waals surface area contributed by atoms with Gasteiger partial charge in [-0.05, 0) is 24.9 Å². The highest BCUT2D eigenvalue weighted by Crippen LogP contribution is 2.27. The van der Waals surface area contributed by atoms with Crippen molar-refractivity contribution in [1.29, 1.82) is 0 Å². The van der Waals surface area contributed by atoms with Crippen LogP contribution in [-0.2, 0) is 0 Å². The van der Waals surface area contributed by atoms with Gasteiger partial charge in [-0.3, -0.25) is 4.79 Å². The molecule has 0 fully saturated rings. The largest absolute Gasteiger partial charge is 0.340 e. The summed E-state index contributed by atoms with van der Waals surface area (Å²) in [5.74, 6) is 0.498. The van der Waals surface area contributed by atoms with E-state index in [4.69, 9.17) is 5.73 Å². The molecule has 2 N–H and O–H groups in total. The molecule has 22 heavy (non-hydrogen) atoms.